The van der Waals surface area contributed by atoms with Crippen molar-refractivity contribution in [2.75, 3.05) is 12.8 Å². The number of aromatic nitrogens is 1. The van der Waals surface area contributed by atoms with Crippen molar-refractivity contribution < 1.29 is 18.3 Å². The van der Waals surface area contributed by atoms with Crippen molar-refractivity contribution in [3.63, 3.8) is 0 Å². The Hall–Kier alpha value is -1.24. The van der Waals surface area contributed by atoms with Crippen LogP contribution in [0.4, 0.5) is 14.6 Å². The van der Waals surface area contributed by atoms with Crippen LogP contribution < -0.4 is 5.73 Å². The number of nitrogens with zero attached hydrogens (tertiary/aromatic N) is 1. The zero-order valence-corrected chi connectivity index (χ0v) is 9.92. The average Bonchev–Trinajstić information content (AvgIpc) is 2.20. The van der Waals surface area contributed by atoms with Crippen LogP contribution in [0.5, 0.6) is 0 Å². The Balaban J connectivity index is 3.19. The number of anilines is 1. The standard InChI is InChI=1S/C9H9BrF2N2O2/c1-16-7(15)3-5-4(8(11)12)2-6(10)14-9(5)13/h2,8H,3H2,1H3,(H2,13,14). The van der Waals surface area contributed by atoms with E-state index in [1.165, 1.54) is 7.11 Å². The molecule has 0 unspecified atom stereocenters. The summed E-state index contributed by atoms with van der Waals surface area (Å²) in [4.78, 5) is 14.8. The third-order valence-corrected chi connectivity index (χ3v) is 2.35. The molecule has 0 spiro atoms. The van der Waals surface area contributed by atoms with Gasteiger partial charge in [-0.05, 0) is 22.0 Å². The molecule has 2 N–H and O–H groups in total. The molecule has 1 aromatic heterocycles. The van der Waals surface area contributed by atoms with E-state index in [0.717, 1.165) is 6.07 Å². The Bertz CT molecular complexity index is 413. The molecular weight excluding hydrogens is 286 g/mol. The predicted octanol–water partition coefficient (Wildman–Crippen LogP) is 2.08. The molecule has 0 radical (unpaired) electrons. The SMILES string of the molecule is COC(=O)Cc1c(C(F)F)cc(Br)nc1N. The number of methoxy groups -OCH3 is 1. The summed E-state index contributed by atoms with van der Waals surface area (Å²) in [7, 11) is 1.17. The average molecular weight is 295 g/mol. The molecule has 0 atom stereocenters. The van der Waals surface area contributed by atoms with Crippen LogP contribution in [0.3, 0.4) is 0 Å². The first-order chi connectivity index (χ1) is 7.45. The van der Waals surface area contributed by atoms with Crippen molar-refractivity contribution in [3.8, 4) is 0 Å². The molecule has 0 aromatic carbocycles. The maximum Gasteiger partial charge on any atom is 0.310 e. The molecule has 7 heteroatoms. The fourth-order valence-corrected chi connectivity index (χ4v) is 1.62. The lowest BCUT2D eigenvalue weighted by molar-refractivity contribution is -0.139. The molecule has 1 aromatic rings. The second-order valence-electron chi connectivity index (χ2n) is 2.95. The Morgan fingerprint density at radius 1 is 1.69 bits per heavy atom. The van der Waals surface area contributed by atoms with Gasteiger partial charge in [-0.3, -0.25) is 4.79 Å². The molecule has 4 nitrogen and oxygen atoms in total. The highest BCUT2D eigenvalue weighted by molar-refractivity contribution is 9.10. The first-order valence-corrected chi connectivity index (χ1v) is 5.04. The lowest BCUT2D eigenvalue weighted by Crippen LogP contribution is -2.11. The van der Waals surface area contributed by atoms with Crippen LogP contribution in [0.2, 0.25) is 0 Å². The van der Waals surface area contributed by atoms with E-state index in [1.54, 1.807) is 0 Å². The minimum absolute atomic E-state index is 0.00468. The number of halogens is 3. The molecule has 16 heavy (non-hydrogen) atoms. The van der Waals surface area contributed by atoms with Crippen molar-refractivity contribution in [1.82, 2.24) is 4.98 Å². The van der Waals surface area contributed by atoms with Crippen molar-refractivity contribution >= 4 is 27.7 Å². The maximum atomic E-state index is 12.7. The highest BCUT2D eigenvalue weighted by atomic mass is 79.9. The van der Waals surface area contributed by atoms with Gasteiger partial charge in [-0.1, -0.05) is 0 Å². The number of esters is 1. The predicted molar refractivity (Wildman–Crippen MR) is 57.0 cm³/mol. The van der Waals surface area contributed by atoms with E-state index in [0.29, 0.717) is 0 Å². The van der Waals surface area contributed by atoms with Crippen LogP contribution in [0.1, 0.15) is 17.6 Å². The molecule has 0 amide bonds. The number of alkyl halides is 2. The van der Waals surface area contributed by atoms with Gasteiger partial charge in [0, 0.05) is 11.1 Å². The largest absolute Gasteiger partial charge is 0.469 e. The minimum atomic E-state index is -2.72. The number of hydrogen-bond acceptors (Lipinski definition) is 4. The Morgan fingerprint density at radius 3 is 2.81 bits per heavy atom. The Morgan fingerprint density at radius 2 is 2.31 bits per heavy atom. The van der Waals surface area contributed by atoms with Gasteiger partial charge in [-0.2, -0.15) is 0 Å². The van der Waals surface area contributed by atoms with Crippen LogP contribution in [-0.4, -0.2) is 18.1 Å². The number of rotatable bonds is 3. The third kappa shape index (κ3) is 2.88. The van der Waals surface area contributed by atoms with Gasteiger partial charge in [0.2, 0.25) is 0 Å². The summed E-state index contributed by atoms with van der Waals surface area (Å²) in [5.74, 6) is -0.743. The van der Waals surface area contributed by atoms with Crippen molar-refractivity contribution in [2.45, 2.75) is 12.8 Å². The highest BCUT2D eigenvalue weighted by Gasteiger charge is 2.20. The first-order valence-electron chi connectivity index (χ1n) is 4.25. The second-order valence-corrected chi connectivity index (χ2v) is 3.76. The van der Waals surface area contributed by atoms with Crippen molar-refractivity contribution in [1.29, 1.82) is 0 Å². The summed E-state index contributed by atoms with van der Waals surface area (Å²) in [6.07, 6.45) is -3.04. The maximum absolute atomic E-state index is 12.7. The molecule has 1 rings (SSSR count). The van der Waals surface area contributed by atoms with E-state index in [9.17, 15) is 13.6 Å². The number of carbonyl (C=O) groups excluding carboxylic acids is 1. The van der Waals surface area contributed by atoms with E-state index in [4.69, 9.17) is 5.73 Å². The van der Waals surface area contributed by atoms with E-state index >= 15 is 0 Å². The van der Waals surface area contributed by atoms with E-state index in [1.807, 2.05) is 0 Å². The van der Waals surface area contributed by atoms with Gasteiger partial charge in [0.1, 0.15) is 10.4 Å². The van der Waals surface area contributed by atoms with Crippen LogP contribution in [0.15, 0.2) is 10.7 Å². The Labute approximate surface area is 98.9 Å². The van der Waals surface area contributed by atoms with Crippen molar-refractivity contribution in [3.05, 3.63) is 21.8 Å². The monoisotopic (exact) mass is 294 g/mol. The third-order valence-electron chi connectivity index (χ3n) is 1.94. The molecule has 0 saturated carbocycles. The van der Waals surface area contributed by atoms with Gasteiger partial charge in [-0.25, -0.2) is 13.8 Å². The van der Waals surface area contributed by atoms with Gasteiger partial charge in [0.15, 0.2) is 0 Å². The smallest absolute Gasteiger partial charge is 0.310 e. The van der Waals surface area contributed by atoms with Crippen LogP contribution in [0.25, 0.3) is 0 Å². The summed E-state index contributed by atoms with van der Waals surface area (Å²) in [6.45, 7) is 0. The number of nitrogen functional groups attached to an aromatic ring is 1. The fraction of sp³-hybridized carbons (Fsp3) is 0.333. The second kappa shape index (κ2) is 5.20. The van der Waals surface area contributed by atoms with Gasteiger partial charge in [-0.15, -0.1) is 0 Å². The van der Waals surface area contributed by atoms with Crippen LogP contribution >= 0.6 is 15.9 Å². The van der Waals surface area contributed by atoms with Crippen LogP contribution in [0, 0.1) is 0 Å². The normalized spacial score (nSPS) is 10.6. The summed E-state index contributed by atoms with van der Waals surface area (Å²) in [5, 5.41) is 0. The topological polar surface area (TPSA) is 65.2 Å². The number of carbonyl (C=O) groups is 1. The molecule has 1 heterocycles. The molecule has 0 fully saturated rings. The van der Waals surface area contributed by atoms with E-state index in [2.05, 4.69) is 25.7 Å². The van der Waals surface area contributed by atoms with Crippen molar-refractivity contribution in [2.24, 2.45) is 0 Å². The number of ether oxygens (including phenoxy) is 1. The summed E-state index contributed by atoms with van der Waals surface area (Å²) < 4.78 is 30.0. The molecule has 0 bridgehead atoms. The van der Waals surface area contributed by atoms with Gasteiger partial charge in [0.05, 0.1) is 13.5 Å². The molecule has 88 valence electrons. The summed E-state index contributed by atoms with van der Waals surface area (Å²) >= 11 is 2.96. The molecule has 0 aliphatic rings. The molecular formula is C9H9BrF2N2O2. The van der Waals surface area contributed by atoms with E-state index < -0.39 is 12.4 Å². The minimum Gasteiger partial charge on any atom is -0.469 e. The lowest BCUT2D eigenvalue weighted by atomic mass is 10.1. The zero-order valence-electron chi connectivity index (χ0n) is 8.34. The van der Waals surface area contributed by atoms with E-state index in [-0.39, 0.29) is 28.0 Å². The molecule has 0 saturated heterocycles. The molecule has 0 aliphatic heterocycles. The van der Waals surface area contributed by atoms with Gasteiger partial charge < -0.3 is 10.5 Å². The zero-order chi connectivity index (χ0) is 12.3. The molecule has 0 aliphatic carbocycles. The van der Waals surface area contributed by atoms with Crippen LogP contribution in [-0.2, 0) is 16.0 Å². The first kappa shape index (κ1) is 12.8. The quantitative estimate of drug-likeness (QED) is 0.685. The lowest BCUT2D eigenvalue weighted by Gasteiger charge is -2.10. The highest BCUT2D eigenvalue weighted by Crippen LogP contribution is 2.29. The number of pyridine rings is 1. The Kier molecular flexibility index (Phi) is 4.17. The number of hydrogen-bond donors (Lipinski definition) is 1. The summed E-state index contributed by atoms with van der Waals surface area (Å²) in [6, 6.07) is 1.14. The number of nitrogens with two attached hydrogens (primary N) is 1. The van der Waals surface area contributed by atoms with Gasteiger partial charge >= 0.3 is 5.97 Å². The fourth-order valence-electron chi connectivity index (χ4n) is 1.18. The summed E-state index contributed by atoms with van der Waals surface area (Å²) in [5.41, 5.74) is 5.17. The van der Waals surface area contributed by atoms with Gasteiger partial charge in [0.25, 0.3) is 6.43 Å².